The van der Waals surface area contributed by atoms with Gasteiger partial charge in [0.25, 0.3) is 5.91 Å². The first-order chi connectivity index (χ1) is 12.6. The maximum absolute atomic E-state index is 12.3. The zero-order valence-electron chi connectivity index (χ0n) is 15.6. The largest absolute Gasteiger partial charge is 0.490 e. The third-order valence-electron chi connectivity index (χ3n) is 5.53. The van der Waals surface area contributed by atoms with Crippen LogP contribution in [0.4, 0.5) is 0 Å². The first kappa shape index (κ1) is 17.3. The molecule has 2 fully saturated rings. The van der Waals surface area contributed by atoms with E-state index >= 15 is 0 Å². The van der Waals surface area contributed by atoms with Crippen LogP contribution in [-0.2, 0) is 0 Å². The van der Waals surface area contributed by atoms with E-state index in [0.29, 0.717) is 11.7 Å². The van der Waals surface area contributed by atoms with Crippen molar-refractivity contribution in [3.63, 3.8) is 0 Å². The molecular formula is C21H27N3O2. The lowest BCUT2D eigenvalue weighted by Gasteiger charge is -2.34. The summed E-state index contributed by atoms with van der Waals surface area (Å²) in [6, 6.07) is 10.4. The van der Waals surface area contributed by atoms with Crippen molar-refractivity contribution in [1.82, 2.24) is 14.8 Å². The predicted molar refractivity (Wildman–Crippen MR) is 103 cm³/mol. The molecule has 0 spiro atoms. The van der Waals surface area contributed by atoms with Crippen molar-refractivity contribution in [1.29, 1.82) is 0 Å². The Labute approximate surface area is 154 Å². The van der Waals surface area contributed by atoms with Gasteiger partial charge in [0.05, 0.1) is 5.52 Å². The van der Waals surface area contributed by atoms with E-state index in [1.807, 2.05) is 35.2 Å². The minimum atomic E-state index is 0.0374. The first-order valence-electron chi connectivity index (χ1n) is 9.71. The Kier molecular flexibility index (Phi) is 4.81. The average molecular weight is 353 g/mol. The van der Waals surface area contributed by atoms with Gasteiger partial charge in [-0.2, -0.15) is 0 Å². The van der Waals surface area contributed by atoms with Gasteiger partial charge in [-0.05, 0) is 57.4 Å². The molecule has 4 rings (SSSR count). The average Bonchev–Trinajstić information content (AvgIpc) is 2.60. The van der Waals surface area contributed by atoms with Crippen LogP contribution in [0.25, 0.3) is 10.9 Å². The molecule has 1 aromatic carbocycles. The number of ether oxygens (including phenoxy) is 1. The summed E-state index contributed by atoms with van der Waals surface area (Å²) in [5.74, 6) is 0.930. The van der Waals surface area contributed by atoms with Crippen LogP contribution in [0, 0.1) is 0 Å². The Morgan fingerprint density at radius 1 is 1.12 bits per heavy atom. The smallest absolute Gasteiger partial charge is 0.272 e. The molecule has 138 valence electrons. The molecule has 26 heavy (non-hydrogen) atoms. The molecule has 2 aliphatic heterocycles. The third kappa shape index (κ3) is 3.54. The number of fused-ring (bicyclic) bond motifs is 1. The number of nitrogens with zero attached hydrogens (tertiary/aromatic N) is 3. The number of rotatable bonds is 4. The maximum Gasteiger partial charge on any atom is 0.272 e. The first-order valence-corrected chi connectivity index (χ1v) is 9.71. The molecule has 0 unspecified atom stereocenters. The van der Waals surface area contributed by atoms with Crippen molar-refractivity contribution in [3.05, 3.63) is 36.0 Å². The van der Waals surface area contributed by atoms with Crippen molar-refractivity contribution < 1.29 is 9.53 Å². The lowest BCUT2D eigenvalue weighted by atomic mass is 10.1. The monoisotopic (exact) mass is 353 g/mol. The van der Waals surface area contributed by atoms with Gasteiger partial charge in [-0.25, -0.2) is 4.98 Å². The number of hydrogen-bond donors (Lipinski definition) is 0. The highest BCUT2D eigenvalue weighted by Gasteiger charge is 2.23. The molecule has 0 aliphatic carbocycles. The van der Waals surface area contributed by atoms with Gasteiger partial charge in [0.2, 0.25) is 0 Å². The number of carbonyl (C=O) groups is 1. The van der Waals surface area contributed by atoms with E-state index in [4.69, 9.17) is 4.74 Å². The van der Waals surface area contributed by atoms with E-state index in [9.17, 15) is 4.79 Å². The summed E-state index contributed by atoms with van der Waals surface area (Å²) >= 11 is 0. The lowest BCUT2D eigenvalue weighted by Crippen LogP contribution is -2.42. The fraction of sp³-hybridized carbons (Fsp3) is 0.524. The molecule has 5 nitrogen and oxygen atoms in total. The van der Waals surface area contributed by atoms with Crippen LogP contribution in [0.3, 0.4) is 0 Å². The Balaban J connectivity index is 1.44. The second-order valence-electron chi connectivity index (χ2n) is 7.64. The van der Waals surface area contributed by atoms with Gasteiger partial charge in [0, 0.05) is 37.6 Å². The van der Waals surface area contributed by atoms with Gasteiger partial charge >= 0.3 is 0 Å². The third-order valence-corrected chi connectivity index (χ3v) is 5.53. The Morgan fingerprint density at radius 2 is 1.88 bits per heavy atom. The van der Waals surface area contributed by atoms with E-state index < -0.39 is 0 Å². The summed E-state index contributed by atoms with van der Waals surface area (Å²) in [6.45, 7) is 8.39. The van der Waals surface area contributed by atoms with Crippen molar-refractivity contribution >= 4 is 16.8 Å². The predicted octanol–water partition coefficient (Wildman–Crippen LogP) is 3.33. The summed E-state index contributed by atoms with van der Waals surface area (Å²) in [6.07, 6.45) is 3.51. The second kappa shape index (κ2) is 7.23. The van der Waals surface area contributed by atoms with E-state index in [-0.39, 0.29) is 12.0 Å². The van der Waals surface area contributed by atoms with Crippen molar-refractivity contribution in [2.24, 2.45) is 0 Å². The van der Waals surface area contributed by atoms with Crippen LogP contribution in [-0.4, -0.2) is 59.0 Å². The van der Waals surface area contributed by atoms with Crippen molar-refractivity contribution in [3.8, 4) is 5.75 Å². The van der Waals surface area contributed by atoms with Crippen molar-refractivity contribution in [2.45, 2.75) is 45.3 Å². The Hall–Kier alpha value is -2.14. The van der Waals surface area contributed by atoms with Crippen molar-refractivity contribution in [2.75, 3.05) is 26.2 Å². The Bertz CT molecular complexity index is 793. The van der Waals surface area contributed by atoms with Gasteiger partial charge in [0.1, 0.15) is 17.5 Å². The fourth-order valence-electron chi connectivity index (χ4n) is 3.68. The van der Waals surface area contributed by atoms with Crippen LogP contribution >= 0.6 is 0 Å². The zero-order chi connectivity index (χ0) is 18.1. The zero-order valence-corrected chi connectivity index (χ0v) is 15.6. The van der Waals surface area contributed by atoms with Crippen LogP contribution in [0.1, 0.15) is 43.6 Å². The topological polar surface area (TPSA) is 45.7 Å². The van der Waals surface area contributed by atoms with E-state index in [0.717, 1.165) is 62.1 Å². The number of amides is 1. The highest BCUT2D eigenvalue weighted by molar-refractivity contribution is 5.95. The lowest BCUT2D eigenvalue weighted by molar-refractivity contribution is 0.0646. The quantitative estimate of drug-likeness (QED) is 0.846. The van der Waals surface area contributed by atoms with Crippen LogP contribution < -0.4 is 4.74 Å². The molecular weight excluding hydrogens is 326 g/mol. The van der Waals surface area contributed by atoms with Gasteiger partial charge in [-0.15, -0.1) is 0 Å². The van der Waals surface area contributed by atoms with Crippen LogP contribution in [0.5, 0.6) is 5.75 Å². The number of pyridine rings is 1. The second-order valence-corrected chi connectivity index (χ2v) is 7.64. The molecule has 0 N–H and O–H groups in total. The number of carbonyl (C=O) groups excluding carboxylic acids is 1. The van der Waals surface area contributed by atoms with E-state index in [2.05, 4.69) is 23.7 Å². The summed E-state index contributed by atoms with van der Waals surface area (Å²) in [4.78, 5) is 21.2. The molecule has 2 saturated heterocycles. The standard InChI is InChI=1S/C21H27N3O2/c1-15(2)23-12-8-17(9-13-23)26-18-5-7-19-16(14-18)4-6-20(22-19)21(25)24-10-3-11-24/h4-7,14-15,17H,3,8-13H2,1-2H3. The molecule has 2 aliphatic rings. The van der Waals surface area contributed by atoms with Gasteiger partial charge in [-0.3, -0.25) is 4.79 Å². The number of likely N-dealkylation sites (tertiary alicyclic amines) is 2. The summed E-state index contributed by atoms with van der Waals surface area (Å²) in [5.41, 5.74) is 1.38. The number of piperidine rings is 1. The summed E-state index contributed by atoms with van der Waals surface area (Å²) < 4.78 is 6.20. The summed E-state index contributed by atoms with van der Waals surface area (Å²) in [7, 11) is 0. The highest BCUT2D eigenvalue weighted by Crippen LogP contribution is 2.24. The number of benzene rings is 1. The molecule has 3 heterocycles. The molecule has 2 aromatic rings. The molecule has 0 radical (unpaired) electrons. The highest BCUT2D eigenvalue weighted by atomic mass is 16.5. The van der Waals surface area contributed by atoms with E-state index in [1.54, 1.807) is 0 Å². The molecule has 0 saturated carbocycles. The van der Waals surface area contributed by atoms with Gasteiger partial charge in [0.15, 0.2) is 0 Å². The van der Waals surface area contributed by atoms with E-state index in [1.165, 1.54) is 0 Å². The van der Waals surface area contributed by atoms with Crippen LogP contribution in [0.15, 0.2) is 30.3 Å². The molecule has 5 heteroatoms. The van der Waals surface area contributed by atoms with Gasteiger partial charge < -0.3 is 14.5 Å². The minimum Gasteiger partial charge on any atom is -0.490 e. The molecule has 0 atom stereocenters. The SMILES string of the molecule is CC(C)N1CCC(Oc2ccc3nc(C(=O)N4CCC4)ccc3c2)CC1. The van der Waals surface area contributed by atoms with Gasteiger partial charge in [-0.1, -0.05) is 6.07 Å². The maximum atomic E-state index is 12.3. The number of aromatic nitrogens is 1. The Morgan fingerprint density at radius 3 is 2.54 bits per heavy atom. The molecule has 1 amide bonds. The molecule has 0 bridgehead atoms. The minimum absolute atomic E-state index is 0.0374. The van der Waals surface area contributed by atoms with Crippen LogP contribution in [0.2, 0.25) is 0 Å². The molecule has 1 aromatic heterocycles. The fourth-order valence-corrected chi connectivity index (χ4v) is 3.68. The number of hydrogen-bond acceptors (Lipinski definition) is 4. The summed E-state index contributed by atoms with van der Waals surface area (Å²) in [5, 5.41) is 1.02. The normalized spacial score (nSPS) is 19.0.